The lowest BCUT2D eigenvalue weighted by Crippen LogP contribution is -2.02. The fourth-order valence-corrected chi connectivity index (χ4v) is 1.11. The van der Waals surface area contributed by atoms with Crippen LogP contribution in [0, 0.1) is 12.7 Å². The third-order valence-electron chi connectivity index (χ3n) is 1.84. The van der Waals surface area contributed by atoms with Crippen LogP contribution < -0.4 is 4.74 Å². The smallest absolute Gasteiger partial charge is 0.165 e. The van der Waals surface area contributed by atoms with Gasteiger partial charge in [0.15, 0.2) is 11.6 Å². The van der Waals surface area contributed by atoms with Gasteiger partial charge < -0.3 is 9.47 Å². The summed E-state index contributed by atoms with van der Waals surface area (Å²) in [5.41, 5.74) is 0.994. The molecule has 1 aromatic carbocycles. The van der Waals surface area contributed by atoms with Crippen LogP contribution in [0.3, 0.4) is 0 Å². The van der Waals surface area contributed by atoms with Gasteiger partial charge in [0.25, 0.3) is 0 Å². The summed E-state index contributed by atoms with van der Waals surface area (Å²) < 4.78 is 23.2. The third kappa shape index (κ3) is 3.34. The zero-order chi connectivity index (χ0) is 10.4. The number of hydrogen-bond acceptors (Lipinski definition) is 2. The molecule has 0 heterocycles. The quantitative estimate of drug-likeness (QED) is 0.677. The van der Waals surface area contributed by atoms with Crippen molar-refractivity contribution in [3.05, 3.63) is 29.6 Å². The monoisotopic (exact) mass is 198 g/mol. The Bertz CT molecular complexity index is 287. The summed E-state index contributed by atoms with van der Waals surface area (Å²) in [6.45, 7) is 3.02. The van der Waals surface area contributed by atoms with Crippen molar-refractivity contribution in [2.45, 2.75) is 13.3 Å². The second-order valence-corrected chi connectivity index (χ2v) is 3.13. The first-order valence-electron chi connectivity index (χ1n) is 4.62. The topological polar surface area (TPSA) is 18.5 Å². The van der Waals surface area contributed by atoms with E-state index in [1.165, 1.54) is 6.07 Å². The van der Waals surface area contributed by atoms with E-state index < -0.39 is 0 Å². The van der Waals surface area contributed by atoms with Crippen LogP contribution in [-0.2, 0) is 4.74 Å². The summed E-state index contributed by atoms with van der Waals surface area (Å²) in [7, 11) is 1.63. The molecule has 0 aliphatic carbocycles. The molecule has 0 aromatic heterocycles. The van der Waals surface area contributed by atoms with Gasteiger partial charge in [-0.3, -0.25) is 0 Å². The molecule has 0 saturated carbocycles. The van der Waals surface area contributed by atoms with Gasteiger partial charge in [0.05, 0.1) is 6.61 Å². The van der Waals surface area contributed by atoms with Gasteiger partial charge in [-0.15, -0.1) is 0 Å². The highest BCUT2D eigenvalue weighted by Gasteiger charge is 2.02. The van der Waals surface area contributed by atoms with Crippen molar-refractivity contribution < 1.29 is 13.9 Å². The van der Waals surface area contributed by atoms with Gasteiger partial charge in [-0.1, -0.05) is 6.07 Å². The summed E-state index contributed by atoms with van der Waals surface area (Å²) >= 11 is 0. The first kappa shape index (κ1) is 11.0. The summed E-state index contributed by atoms with van der Waals surface area (Å²) in [6.07, 6.45) is 0.768. The summed E-state index contributed by atoms with van der Waals surface area (Å²) in [6, 6.07) is 4.83. The Morgan fingerprint density at radius 2 is 2.07 bits per heavy atom. The van der Waals surface area contributed by atoms with Crippen LogP contribution in [0.4, 0.5) is 4.39 Å². The first-order valence-corrected chi connectivity index (χ1v) is 4.62. The average Bonchev–Trinajstić information content (AvgIpc) is 2.18. The predicted molar refractivity (Wildman–Crippen MR) is 53.1 cm³/mol. The number of benzene rings is 1. The minimum atomic E-state index is -0.312. The Balaban J connectivity index is 2.45. The Kier molecular flexibility index (Phi) is 4.40. The predicted octanol–water partition coefficient (Wildman–Crippen LogP) is 2.55. The van der Waals surface area contributed by atoms with E-state index in [0.29, 0.717) is 19.0 Å². The molecule has 1 rings (SSSR count). The van der Waals surface area contributed by atoms with Crippen LogP contribution in [0.15, 0.2) is 18.2 Å². The van der Waals surface area contributed by atoms with Gasteiger partial charge in [0.2, 0.25) is 0 Å². The first-order chi connectivity index (χ1) is 6.74. The number of hydrogen-bond donors (Lipinski definition) is 0. The molecule has 0 aliphatic rings. The van der Waals surface area contributed by atoms with Crippen LogP contribution in [0.1, 0.15) is 12.0 Å². The van der Waals surface area contributed by atoms with Crippen molar-refractivity contribution in [3.63, 3.8) is 0 Å². The molecule has 2 nitrogen and oxygen atoms in total. The van der Waals surface area contributed by atoms with Crippen molar-refractivity contribution in [3.8, 4) is 5.75 Å². The van der Waals surface area contributed by atoms with Crippen molar-refractivity contribution in [1.29, 1.82) is 0 Å². The maximum Gasteiger partial charge on any atom is 0.165 e. The summed E-state index contributed by atoms with van der Waals surface area (Å²) in [5.74, 6) is 0.00844. The molecule has 0 spiro atoms. The highest BCUT2D eigenvalue weighted by Crippen LogP contribution is 2.18. The molecule has 0 unspecified atom stereocenters. The van der Waals surface area contributed by atoms with Gasteiger partial charge in [-0.05, 0) is 24.6 Å². The largest absolute Gasteiger partial charge is 0.490 e. The molecule has 0 aliphatic heterocycles. The van der Waals surface area contributed by atoms with E-state index in [0.717, 1.165) is 12.0 Å². The van der Waals surface area contributed by atoms with E-state index in [1.54, 1.807) is 19.2 Å². The zero-order valence-electron chi connectivity index (χ0n) is 8.55. The van der Waals surface area contributed by atoms with Gasteiger partial charge in [0, 0.05) is 20.1 Å². The molecule has 0 amide bonds. The highest BCUT2D eigenvalue weighted by atomic mass is 19.1. The number of methoxy groups -OCH3 is 1. The molecule has 14 heavy (non-hydrogen) atoms. The van der Waals surface area contributed by atoms with Crippen LogP contribution in [0.2, 0.25) is 0 Å². The molecule has 1 aromatic rings. The molecule has 0 atom stereocenters. The van der Waals surface area contributed by atoms with Crippen molar-refractivity contribution >= 4 is 0 Å². The van der Waals surface area contributed by atoms with Crippen molar-refractivity contribution in [1.82, 2.24) is 0 Å². The lowest BCUT2D eigenvalue weighted by molar-refractivity contribution is 0.170. The molecular formula is C11H15FO2. The van der Waals surface area contributed by atoms with Crippen LogP contribution in [0.25, 0.3) is 0 Å². The van der Waals surface area contributed by atoms with Gasteiger partial charge in [-0.2, -0.15) is 0 Å². The van der Waals surface area contributed by atoms with Gasteiger partial charge in [-0.25, -0.2) is 4.39 Å². The van der Waals surface area contributed by atoms with E-state index in [9.17, 15) is 4.39 Å². The zero-order valence-corrected chi connectivity index (χ0v) is 8.55. The molecule has 0 radical (unpaired) electrons. The minimum absolute atomic E-state index is 0.312. The minimum Gasteiger partial charge on any atom is -0.490 e. The van der Waals surface area contributed by atoms with Crippen LogP contribution in [-0.4, -0.2) is 20.3 Å². The molecule has 0 bridgehead atoms. The number of aryl methyl sites for hydroxylation is 1. The molecule has 0 saturated heterocycles. The lowest BCUT2D eigenvalue weighted by Gasteiger charge is -2.07. The van der Waals surface area contributed by atoms with Crippen molar-refractivity contribution in [2.75, 3.05) is 20.3 Å². The SMILES string of the molecule is COCCCOc1cc(C)ccc1F. The van der Waals surface area contributed by atoms with Crippen LogP contribution >= 0.6 is 0 Å². The van der Waals surface area contributed by atoms with E-state index in [1.807, 2.05) is 6.92 Å². The molecule has 78 valence electrons. The maximum atomic E-state index is 13.1. The number of ether oxygens (including phenoxy) is 2. The molecule has 0 N–H and O–H groups in total. The summed E-state index contributed by atoms with van der Waals surface area (Å²) in [5, 5.41) is 0. The van der Waals surface area contributed by atoms with Gasteiger partial charge in [0.1, 0.15) is 0 Å². The van der Waals surface area contributed by atoms with E-state index >= 15 is 0 Å². The fraction of sp³-hybridized carbons (Fsp3) is 0.455. The van der Waals surface area contributed by atoms with E-state index in [-0.39, 0.29) is 5.82 Å². The standard InChI is InChI=1S/C11H15FO2/c1-9-4-5-10(12)11(8-9)14-7-3-6-13-2/h4-5,8H,3,6-7H2,1-2H3. The van der Waals surface area contributed by atoms with Crippen LogP contribution in [0.5, 0.6) is 5.75 Å². The fourth-order valence-electron chi connectivity index (χ4n) is 1.11. The maximum absolute atomic E-state index is 13.1. The normalized spacial score (nSPS) is 10.2. The highest BCUT2D eigenvalue weighted by molar-refractivity contribution is 5.29. The van der Waals surface area contributed by atoms with E-state index in [2.05, 4.69) is 0 Å². The second-order valence-electron chi connectivity index (χ2n) is 3.13. The lowest BCUT2D eigenvalue weighted by atomic mass is 10.2. The Hall–Kier alpha value is -1.09. The van der Waals surface area contributed by atoms with E-state index in [4.69, 9.17) is 9.47 Å². The Labute approximate surface area is 83.6 Å². The molecule has 3 heteroatoms. The molecular weight excluding hydrogens is 183 g/mol. The second kappa shape index (κ2) is 5.60. The number of halogens is 1. The third-order valence-corrected chi connectivity index (χ3v) is 1.84. The average molecular weight is 198 g/mol. The summed E-state index contributed by atoms with van der Waals surface area (Å²) in [4.78, 5) is 0. The Morgan fingerprint density at radius 1 is 1.29 bits per heavy atom. The number of rotatable bonds is 5. The van der Waals surface area contributed by atoms with Gasteiger partial charge >= 0.3 is 0 Å². The molecule has 0 fully saturated rings. The Morgan fingerprint density at radius 3 is 2.79 bits per heavy atom. The van der Waals surface area contributed by atoms with Crippen molar-refractivity contribution in [2.24, 2.45) is 0 Å².